The lowest BCUT2D eigenvalue weighted by Gasteiger charge is -2.17. The number of nitrogen functional groups attached to an aromatic ring is 1. The predicted octanol–water partition coefficient (Wildman–Crippen LogP) is 29.7. The van der Waals surface area contributed by atoms with E-state index >= 15 is 0 Å². The van der Waals surface area contributed by atoms with Crippen molar-refractivity contribution in [2.75, 3.05) is 65.4 Å². The van der Waals surface area contributed by atoms with E-state index in [4.69, 9.17) is 85.3 Å². The maximum atomic E-state index is 12.5. The predicted molar refractivity (Wildman–Crippen MR) is 596 cm³/mol. The van der Waals surface area contributed by atoms with E-state index in [1.165, 1.54) is 36.2 Å². The van der Waals surface area contributed by atoms with Crippen molar-refractivity contribution in [2.45, 2.75) is 46.7 Å². The molecular weight excluding hydrogens is 2030 g/mol. The maximum absolute atomic E-state index is 12.5. The molecule has 0 aliphatic carbocycles. The first-order valence-corrected chi connectivity index (χ1v) is 49.5. The van der Waals surface area contributed by atoms with Gasteiger partial charge in [0.05, 0.1) is 85.5 Å². The summed E-state index contributed by atoms with van der Waals surface area (Å²) >= 11 is 32.8. The van der Waals surface area contributed by atoms with E-state index in [-0.39, 0.29) is 53.1 Å². The number of hydrogen-bond acceptors (Lipinski definition) is 13. The van der Waals surface area contributed by atoms with Crippen molar-refractivity contribution in [3.05, 3.63) is 474 Å². The Hall–Kier alpha value is -15.6. The van der Waals surface area contributed by atoms with Crippen LogP contribution < -0.4 is 16.8 Å². The Morgan fingerprint density at radius 3 is 0.878 bits per heavy atom. The molecule has 750 valence electrons. The van der Waals surface area contributed by atoms with E-state index in [0.29, 0.717) is 76.5 Å². The Morgan fingerprint density at radius 1 is 0.358 bits per heavy atom. The highest BCUT2D eigenvalue weighted by Gasteiger charge is 2.32. The van der Waals surface area contributed by atoms with E-state index in [2.05, 4.69) is 152 Å². The van der Waals surface area contributed by atoms with Gasteiger partial charge < -0.3 is 45.4 Å². The van der Waals surface area contributed by atoms with Gasteiger partial charge in [0.1, 0.15) is 0 Å². The molecule has 0 saturated carbocycles. The molecule has 0 unspecified atom stereocenters. The molecule has 6 N–H and O–H groups in total. The van der Waals surface area contributed by atoms with Gasteiger partial charge in [-0.05, 0) is 318 Å². The van der Waals surface area contributed by atoms with Gasteiger partial charge >= 0.3 is 12.1 Å². The number of carboxylic acids is 1. The molecule has 148 heavy (non-hydrogen) atoms. The minimum Gasteiger partial charge on any atom is -0.478 e. The van der Waals surface area contributed by atoms with Crippen molar-refractivity contribution in [3.8, 4) is 103 Å². The standard InChI is InChI=1S/C28H28ClN3O.C24H17ClN2.C24H18ClNO2.C17H12ClNO2.C9H7NO.C8H6BrClO.C7H6F3N.C4H12N2/c1-20-6-4-5-7-25(20)32-26(16-17-27(32)22-12-14-24(29)15-13-22)21-8-10-23(11-9-21)28(33)30-18-19-31(2)3;1-17-4-2-3-5-22(17)27-23(19-8-6-18(16-26)7-9-19)14-15-24(27)20-10-12-21(25)13-11-20;1-16-4-2-3-5-21(16)26-22(17-6-8-19(9-7-17)24(27)28)14-15-23(26)18-10-12-20(25)13-11-18;18-15-7-5-14(6-8-15)17(21)10-9-16(20)13-3-1-12(11-19)2-4-13;1-7(11)9-4-2-8(6-10)3-5-9;9-5-8(11)6-1-3-7(10)4-2-6;8-7(9,10)5-3-1-2-4-6(5)11;1-6(2)4-3-5/h4-17H,18-19H2,1-3H3,(H,30,33);2-15H,1H3;2-15H,1H3,(H,27,28);1-8H,9-10H2;2-5H,1H3;1-4H,5H2;1-4H,11H2;3-5H2,1-2H3. The molecule has 0 radical (unpaired) electrons. The number of nitrogens with two attached hydrogens (primary N) is 2. The SMILES string of the molecule is CC(=O)c1ccc(C#N)cc1.CN(C)CCN.Cc1ccccc1-n1c(-c2ccc(Cl)cc2)ccc1-c1ccc(C#N)cc1.Cc1ccccc1-n1c(-c2ccc(Cl)cc2)ccc1-c1ccc(C(=O)NCCN(C)C)cc1.Cc1ccccc1-n1c(-c2ccc(Cl)cc2)ccc1-c1ccc(C(=O)O)cc1.N#Cc1ccc(C(=O)CCC(=O)c2ccc(Cl)cc2)cc1.Nc1ccccc1C(F)(F)F.O=C(CBr)c1ccc(Cl)cc1. The van der Waals surface area contributed by atoms with E-state index in [1.807, 2.05) is 203 Å². The summed E-state index contributed by atoms with van der Waals surface area (Å²) in [7, 11) is 7.99. The van der Waals surface area contributed by atoms with Gasteiger partial charge in [-0.3, -0.25) is 24.0 Å². The molecular formula is C121H106BrCl5F3N11O7. The van der Waals surface area contributed by atoms with Crippen LogP contribution in [0.15, 0.2) is 376 Å². The third-order valence-electron chi connectivity index (χ3n) is 22.8. The first kappa shape index (κ1) is 114. The number of nitrogens with one attached hydrogen (secondary N) is 1. The summed E-state index contributed by atoms with van der Waals surface area (Å²) in [4.78, 5) is 73.5. The molecule has 0 fully saturated rings. The van der Waals surface area contributed by atoms with E-state index < -0.39 is 17.7 Å². The summed E-state index contributed by atoms with van der Waals surface area (Å²) in [6.45, 7) is 11.0. The van der Waals surface area contributed by atoms with Gasteiger partial charge in [-0.25, -0.2) is 4.79 Å². The number of benzene rings is 14. The van der Waals surface area contributed by atoms with Gasteiger partial charge in [0.15, 0.2) is 23.1 Å². The van der Waals surface area contributed by atoms with E-state index in [1.54, 1.807) is 109 Å². The first-order valence-electron chi connectivity index (χ1n) is 46.4. The lowest BCUT2D eigenvalue weighted by molar-refractivity contribution is -0.136. The zero-order valence-corrected chi connectivity index (χ0v) is 87.6. The highest BCUT2D eigenvalue weighted by molar-refractivity contribution is 9.09. The number of nitriles is 3. The molecule has 3 heterocycles. The fraction of sp³-hybridized carbons (Fsp3) is 0.132. The number of nitrogens with zero attached hydrogens (tertiary/aromatic N) is 8. The van der Waals surface area contributed by atoms with Gasteiger partial charge in [0, 0.05) is 115 Å². The Balaban J connectivity index is 0.000000181. The van der Waals surface area contributed by atoms with Gasteiger partial charge in [-0.2, -0.15) is 29.0 Å². The minimum absolute atomic E-state index is 0.0227. The second-order valence-electron chi connectivity index (χ2n) is 33.9. The van der Waals surface area contributed by atoms with Crippen LogP contribution in [0.4, 0.5) is 18.9 Å². The number of halogens is 9. The number of rotatable bonds is 24. The lowest BCUT2D eigenvalue weighted by Crippen LogP contribution is -2.31. The Morgan fingerprint density at radius 2 is 0.615 bits per heavy atom. The van der Waals surface area contributed by atoms with Crippen LogP contribution in [0, 0.1) is 54.8 Å². The highest BCUT2D eigenvalue weighted by atomic mass is 79.9. The molecule has 3 aromatic heterocycles. The third-order valence-corrected chi connectivity index (χ3v) is 24.6. The van der Waals surface area contributed by atoms with Crippen molar-refractivity contribution in [1.82, 2.24) is 28.8 Å². The molecule has 27 heteroatoms. The zero-order chi connectivity index (χ0) is 107. The van der Waals surface area contributed by atoms with Crippen molar-refractivity contribution in [3.63, 3.8) is 0 Å². The Kier molecular flexibility index (Phi) is 43.9. The molecule has 0 atom stereocenters. The summed E-state index contributed by atoms with van der Waals surface area (Å²) in [5.74, 6) is -1.09. The number of Topliss-reactive ketones (excluding diaryl/α,β-unsaturated/α-hetero) is 4. The summed E-state index contributed by atoms with van der Waals surface area (Å²) in [5, 5.41) is 42.1. The van der Waals surface area contributed by atoms with Crippen LogP contribution in [0.3, 0.4) is 0 Å². The number of carbonyl (C=O) groups excluding carboxylic acids is 5. The summed E-state index contributed by atoms with van der Waals surface area (Å²) in [5.41, 5.74) is 33.9. The third kappa shape index (κ3) is 33.5. The summed E-state index contributed by atoms with van der Waals surface area (Å²) in [6, 6.07) is 121. The maximum Gasteiger partial charge on any atom is 0.418 e. The molecule has 17 rings (SSSR count). The topological polar surface area (TPSA) is 279 Å². The van der Waals surface area contributed by atoms with E-state index in [0.717, 1.165) is 121 Å². The number of ketones is 4. The molecule has 14 aromatic carbocycles. The fourth-order valence-electron chi connectivity index (χ4n) is 14.9. The quantitative estimate of drug-likeness (QED) is 0.0249. The lowest BCUT2D eigenvalue weighted by atomic mass is 10.0. The number of carbonyl (C=O) groups is 6. The second kappa shape index (κ2) is 56.8. The number of aryl methyl sites for hydroxylation is 3. The van der Waals surface area contributed by atoms with Crippen molar-refractivity contribution in [1.29, 1.82) is 15.8 Å². The van der Waals surface area contributed by atoms with Crippen molar-refractivity contribution in [2.24, 2.45) is 5.73 Å². The van der Waals surface area contributed by atoms with E-state index in [9.17, 15) is 47.0 Å². The van der Waals surface area contributed by atoms with Gasteiger partial charge in [-0.1, -0.05) is 238 Å². The van der Waals surface area contributed by atoms with Crippen molar-refractivity contribution < 1.29 is 47.0 Å². The van der Waals surface area contributed by atoms with Crippen LogP contribution in [-0.4, -0.2) is 123 Å². The number of likely N-dealkylation sites (N-methyl/N-ethyl adjacent to an activating group) is 2. The average molecular weight is 2140 g/mol. The second-order valence-corrected chi connectivity index (χ2v) is 36.7. The molecule has 0 bridgehead atoms. The minimum atomic E-state index is -4.34. The van der Waals surface area contributed by atoms with Crippen LogP contribution in [0.25, 0.3) is 84.6 Å². The number of carboxylic acid groups (broad SMARTS) is 1. The molecule has 0 aliphatic heterocycles. The van der Waals surface area contributed by atoms with Gasteiger partial charge in [0.25, 0.3) is 5.91 Å². The van der Waals surface area contributed by atoms with Gasteiger partial charge in [-0.15, -0.1) is 0 Å². The molecule has 18 nitrogen and oxygen atoms in total. The average Bonchev–Trinajstić information content (AvgIpc) is 1.63. The van der Waals surface area contributed by atoms with Crippen LogP contribution in [0.2, 0.25) is 25.1 Å². The first-order chi connectivity index (χ1) is 71.0. The Bertz CT molecular complexity index is 7470. The van der Waals surface area contributed by atoms with Crippen LogP contribution >= 0.6 is 73.9 Å². The normalized spacial score (nSPS) is 10.5. The number of amides is 1. The van der Waals surface area contributed by atoms with Crippen LogP contribution in [-0.2, 0) is 6.18 Å². The van der Waals surface area contributed by atoms with Crippen LogP contribution in [0.1, 0.15) is 121 Å². The summed E-state index contributed by atoms with van der Waals surface area (Å²) < 4.78 is 42.6. The number of alkyl halides is 4. The number of aromatic nitrogens is 3. The monoisotopic (exact) mass is 2140 g/mol. The number of anilines is 1. The number of para-hydroxylation sites is 4. The largest absolute Gasteiger partial charge is 0.478 e. The summed E-state index contributed by atoms with van der Waals surface area (Å²) in [6.07, 6.45) is -4.04. The molecule has 17 aromatic rings. The smallest absolute Gasteiger partial charge is 0.418 e. The number of hydrogen-bond donors (Lipinski definition) is 4. The molecule has 0 saturated heterocycles. The van der Waals surface area contributed by atoms with Gasteiger partial charge in [0.2, 0.25) is 0 Å². The molecule has 1 amide bonds. The zero-order valence-electron chi connectivity index (χ0n) is 82.3. The number of aromatic carboxylic acids is 1. The molecule has 0 aliphatic rings. The molecule has 0 spiro atoms. The fourth-order valence-corrected chi connectivity index (χ4v) is 15.9. The highest BCUT2D eigenvalue weighted by Crippen LogP contribution is 2.40. The van der Waals surface area contributed by atoms with Crippen molar-refractivity contribution >= 4 is 115 Å². The Labute approximate surface area is 893 Å². The van der Waals surface area contributed by atoms with Crippen LogP contribution in [0.5, 0.6) is 0 Å².